The number of nitrogens with zero attached hydrogens (tertiary/aromatic N) is 1. The van der Waals surface area contributed by atoms with E-state index in [4.69, 9.17) is 0 Å². The molecular formula is C12H13N. The number of aromatic nitrogens is 1. The van der Waals surface area contributed by atoms with Gasteiger partial charge < -0.3 is 4.40 Å². The molecule has 0 saturated heterocycles. The fraction of sp³-hybridized carbons (Fsp3) is 0.333. The zero-order valence-electron chi connectivity index (χ0n) is 7.88. The van der Waals surface area contributed by atoms with Gasteiger partial charge in [0, 0.05) is 12.4 Å². The van der Waals surface area contributed by atoms with Crippen LogP contribution >= 0.6 is 0 Å². The van der Waals surface area contributed by atoms with Gasteiger partial charge >= 0.3 is 0 Å². The largest absolute Gasteiger partial charge is 0.323 e. The second kappa shape index (κ2) is 2.38. The molecule has 0 radical (unpaired) electrons. The minimum absolute atomic E-state index is 1.25. The van der Waals surface area contributed by atoms with E-state index in [-0.39, 0.29) is 0 Å². The molecule has 0 bridgehead atoms. The fourth-order valence-electron chi connectivity index (χ4n) is 2.47. The lowest BCUT2D eigenvalue weighted by atomic mass is 9.95. The van der Waals surface area contributed by atoms with Crippen molar-refractivity contribution in [1.82, 2.24) is 4.40 Å². The average molecular weight is 171 g/mol. The van der Waals surface area contributed by atoms with Crippen molar-refractivity contribution < 1.29 is 0 Å². The van der Waals surface area contributed by atoms with Crippen LogP contribution in [0.5, 0.6) is 0 Å². The molecule has 0 aromatic carbocycles. The highest BCUT2D eigenvalue weighted by atomic mass is 14.9. The van der Waals surface area contributed by atoms with Gasteiger partial charge in [-0.1, -0.05) is 6.07 Å². The second-order valence-corrected chi connectivity index (χ2v) is 3.93. The molecule has 0 spiro atoms. The second-order valence-electron chi connectivity index (χ2n) is 3.93. The molecule has 0 amide bonds. The third kappa shape index (κ3) is 0.873. The van der Waals surface area contributed by atoms with Crippen molar-refractivity contribution in [3.8, 4) is 0 Å². The third-order valence-electron chi connectivity index (χ3n) is 3.07. The average Bonchev–Trinajstić information content (AvgIpc) is 2.47. The summed E-state index contributed by atoms with van der Waals surface area (Å²) in [7, 11) is 0. The first-order valence-corrected chi connectivity index (χ1v) is 4.94. The zero-order chi connectivity index (χ0) is 8.84. The molecule has 1 nitrogen and oxygen atoms in total. The Morgan fingerprint density at radius 2 is 2.23 bits per heavy atom. The molecule has 1 aliphatic carbocycles. The zero-order valence-corrected chi connectivity index (χ0v) is 7.88. The van der Waals surface area contributed by atoms with E-state index in [0.717, 1.165) is 0 Å². The van der Waals surface area contributed by atoms with Crippen LogP contribution < -0.4 is 0 Å². The lowest BCUT2D eigenvalue weighted by Gasteiger charge is -2.12. The van der Waals surface area contributed by atoms with E-state index in [9.17, 15) is 0 Å². The van der Waals surface area contributed by atoms with E-state index in [1.807, 2.05) is 0 Å². The van der Waals surface area contributed by atoms with Gasteiger partial charge in [-0.3, -0.25) is 0 Å². The fourth-order valence-corrected chi connectivity index (χ4v) is 2.47. The summed E-state index contributed by atoms with van der Waals surface area (Å²) in [6.07, 6.45) is 8.23. The first kappa shape index (κ1) is 7.19. The summed E-state index contributed by atoms with van der Waals surface area (Å²) in [5, 5.41) is 0. The van der Waals surface area contributed by atoms with E-state index in [1.54, 1.807) is 5.56 Å². The SMILES string of the molecule is Cc1cn2cccc3c2c1CCC3. The normalized spacial score (nSPS) is 15.2. The van der Waals surface area contributed by atoms with Crippen molar-refractivity contribution in [3.05, 3.63) is 41.2 Å². The van der Waals surface area contributed by atoms with Gasteiger partial charge in [-0.05, 0) is 48.9 Å². The van der Waals surface area contributed by atoms with Gasteiger partial charge in [0.15, 0.2) is 0 Å². The molecule has 0 saturated carbocycles. The third-order valence-corrected chi connectivity index (χ3v) is 3.07. The van der Waals surface area contributed by atoms with E-state index in [0.29, 0.717) is 0 Å². The summed E-state index contributed by atoms with van der Waals surface area (Å²) in [5.41, 5.74) is 6.03. The first-order chi connectivity index (χ1) is 6.36. The quantitative estimate of drug-likeness (QED) is 0.574. The molecule has 0 atom stereocenters. The van der Waals surface area contributed by atoms with Crippen molar-refractivity contribution in [1.29, 1.82) is 0 Å². The Bertz CT molecular complexity index is 465. The summed E-state index contributed by atoms with van der Waals surface area (Å²) in [4.78, 5) is 0. The minimum atomic E-state index is 1.25. The van der Waals surface area contributed by atoms with Crippen LogP contribution in [-0.2, 0) is 12.8 Å². The molecule has 2 heterocycles. The molecule has 13 heavy (non-hydrogen) atoms. The Labute approximate surface area is 78.0 Å². The molecular weight excluding hydrogens is 158 g/mol. The summed E-state index contributed by atoms with van der Waals surface area (Å²) < 4.78 is 2.28. The van der Waals surface area contributed by atoms with E-state index >= 15 is 0 Å². The highest BCUT2D eigenvalue weighted by molar-refractivity contribution is 5.66. The van der Waals surface area contributed by atoms with Gasteiger partial charge in [0.2, 0.25) is 0 Å². The Morgan fingerprint density at radius 1 is 1.31 bits per heavy atom. The molecule has 2 aromatic rings. The maximum atomic E-state index is 2.28. The molecule has 1 heteroatoms. The van der Waals surface area contributed by atoms with Crippen molar-refractivity contribution in [2.75, 3.05) is 0 Å². The highest BCUT2D eigenvalue weighted by Crippen LogP contribution is 2.28. The molecule has 0 fully saturated rings. The molecule has 3 rings (SSSR count). The molecule has 0 aliphatic heterocycles. The summed E-state index contributed by atoms with van der Waals surface area (Å²) >= 11 is 0. The Hall–Kier alpha value is -1.24. The first-order valence-electron chi connectivity index (χ1n) is 4.94. The van der Waals surface area contributed by atoms with Crippen molar-refractivity contribution in [2.45, 2.75) is 26.2 Å². The van der Waals surface area contributed by atoms with Crippen molar-refractivity contribution in [3.63, 3.8) is 0 Å². The Balaban J connectivity index is 2.51. The van der Waals surface area contributed by atoms with Crippen LogP contribution in [0.1, 0.15) is 23.1 Å². The van der Waals surface area contributed by atoms with Gasteiger partial charge in [0.25, 0.3) is 0 Å². The number of pyridine rings is 1. The number of rotatable bonds is 0. The van der Waals surface area contributed by atoms with Crippen LogP contribution in [0.3, 0.4) is 0 Å². The Kier molecular flexibility index (Phi) is 1.32. The smallest absolute Gasteiger partial charge is 0.0516 e. The predicted octanol–water partition coefficient (Wildman–Crippen LogP) is 2.74. The highest BCUT2D eigenvalue weighted by Gasteiger charge is 2.14. The van der Waals surface area contributed by atoms with Gasteiger partial charge in [0.1, 0.15) is 0 Å². The summed E-state index contributed by atoms with van der Waals surface area (Å²) in [6, 6.07) is 4.41. The lowest BCUT2D eigenvalue weighted by Crippen LogP contribution is -2.01. The molecule has 66 valence electrons. The van der Waals surface area contributed by atoms with Crippen LogP contribution in [0.15, 0.2) is 24.5 Å². The van der Waals surface area contributed by atoms with Crippen LogP contribution in [-0.4, -0.2) is 4.40 Å². The molecule has 0 unspecified atom stereocenters. The van der Waals surface area contributed by atoms with Crippen LogP contribution in [0, 0.1) is 6.92 Å². The standard InChI is InChI=1S/C12H13N/c1-9-8-13-7-3-5-10-4-2-6-11(9)12(10)13/h3,5,7-8H,2,4,6H2,1H3. The molecule has 1 aliphatic rings. The Morgan fingerprint density at radius 3 is 3.15 bits per heavy atom. The molecule has 0 N–H and O–H groups in total. The van der Waals surface area contributed by atoms with E-state index < -0.39 is 0 Å². The van der Waals surface area contributed by atoms with Crippen molar-refractivity contribution in [2.24, 2.45) is 0 Å². The molecule has 2 aromatic heterocycles. The topological polar surface area (TPSA) is 4.41 Å². The van der Waals surface area contributed by atoms with Gasteiger partial charge in [-0.15, -0.1) is 0 Å². The predicted molar refractivity (Wildman–Crippen MR) is 54.2 cm³/mol. The van der Waals surface area contributed by atoms with E-state index in [2.05, 4.69) is 35.9 Å². The van der Waals surface area contributed by atoms with Crippen LogP contribution in [0.2, 0.25) is 0 Å². The van der Waals surface area contributed by atoms with Crippen LogP contribution in [0.25, 0.3) is 5.52 Å². The summed E-state index contributed by atoms with van der Waals surface area (Å²) in [5.74, 6) is 0. The lowest BCUT2D eigenvalue weighted by molar-refractivity contribution is 0.799. The van der Waals surface area contributed by atoms with Gasteiger partial charge in [-0.25, -0.2) is 0 Å². The van der Waals surface area contributed by atoms with E-state index in [1.165, 1.54) is 35.9 Å². The van der Waals surface area contributed by atoms with Crippen molar-refractivity contribution >= 4 is 5.52 Å². The number of hydrogen-bond acceptors (Lipinski definition) is 0. The monoisotopic (exact) mass is 171 g/mol. The minimum Gasteiger partial charge on any atom is -0.323 e. The van der Waals surface area contributed by atoms with Gasteiger partial charge in [0.05, 0.1) is 5.52 Å². The maximum Gasteiger partial charge on any atom is 0.0516 e. The van der Waals surface area contributed by atoms with Crippen LogP contribution in [0.4, 0.5) is 0 Å². The van der Waals surface area contributed by atoms with Gasteiger partial charge in [-0.2, -0.15) is 0 Å². The number of aryl methyl sites for hydroxylation is 3. The summed E-state index contributed by atoms with van der Waals surface area (Å²) in [6.45, 7) is 2.22. The maximum absolute atomic E-state index is 2.28. The number of hydrogen-bond donors (Lipinski definition) is 0.